The lowest BCUT2D eigenvalue weighted by atomic mass is 10.1. The Morgan fingerprint density at radius 3 is 2.05 bits per heavy atom. The van der Waals surface area contributed by atoms with Crippen LogP contribution < -0.4 is 0 Å². The fraction of sp³-hybridized carbons (Fsp3) is 0.286. The molecular formula is C14H13NO5. The van der Waals surface area contributed by atoms with Crippen molar-refractivity contribution in [1.82, 2.24) is 4.90 Å². The van der Waals surface area contributed by atoms with E-state index in [1.165, 1.54) is 19.1 Å². The van der Waals surface area contributed by atoms with E-state index in [9.17, 15) is 19.2 Å². The summed E-state index contributed by atoms with van der Waals surface area (Å²) in [6, 6.07) is 6.37. The van der Waals surface area contributed by atoms with Crippen molar-refractivity contribution in [3.05, 3.63) is 35.4 Å². The summed E-state index contributed by atoms with van der Waals surface area (Å²) in [7, 11) is 1.15. The second kappa shape index (κ2) is 5.24. The number of methoxy groups -OCH3 is 1. The molecular weight excluding hydrogens is 262 g/mol. The van der Waals surface area contributed by atoms with Crippen LogP contribution in [0.25, 0.3) is 0 Å². The highest BCUT2D eigenvalue weighted by molar-refractivity contribution is 6.21. The highest BCUT2D eigenvalue weighted by atomic mass is 16.5. The third-order valence-electron chi connectivity index (χ3n) is 3.22. The van der Waals surface area contributed by atoms with E-state index in [0.29, 0.717) is 0 Å². The van der Waals surface area contributed by atoms with Gasteiger partial charge in [-0.05, 0) is 19.1 Å². The number of nitrogens with zero attached hydrogens (tertiary/aromatic N) is 1. The molecule has 6 heteroatoms. The van der Waals surface area contributed by atoms with Crippen molar-refractivity contribution in [1.29, 1.82) is 0 Å². The van der Waals surface area contributed by atoms with Crippen molar-refractivity contribution in [2.24, 2.45) is 5.92 Å². The van der Waals surface area contributed by atoms with Crippen molar-refractivity contribution in [2.75, 3.05) is 13.7 Å². The van der Waals surface area contributed by atoms with Crippen molar-refractivity contribution in [2.45, 2.75) is 6.92 Å². The third-order valence-corrected chi connectivity index (χ3v) is 3.22. The molecule has 1 aliphatic rings. The fourth-order valence-corrected chi connectivity index (χ4v) is 2.10. The maximum Gasteiger partial charge on any atom is 0.318 e. The lowest BCUT2D eigenvalue weighted by Crippen LogP contribution is -2.40. The van der Waals surface area contributed by atoms with Gasteiger partial charge in [0, 0.05) is 6.54 Å². The number of carbonyl (C=O) groups is 4. The number of hydrogen-bond acceptors (Lipinski definition) is 5. The molecule has 0 spiro atoms. The Labute approximate surface area is 115 Å². The Morgan fingerprint density at radius 1 is 1.15 bits per heavy atom. The van der Waals surface area contributed by atoms with Crippen molar-refractivity contribution in [3.63, 3.8) is 0 Å². The van der Waals surface area contributed by atoms with E-state index in [0.717, 1.165) is 12.0 Å². The monoisotopic (exact) mass is 275 g/mol. The number of Topliss-reactive ketones (excluding diaryl/α,β-unsaturated/α-hetero) is 1. The van der Waals surface area contributed by atoms with Gasteiger partial charge in [0.05, 0.1) is 18.2 Å². The SMILES string of the molecule is COC(=O)C(CN1C(=O)c2ccccc2C1=O)C(C)=O. The number of hydrogen-bond donors (Lipinski definition) is 0. The van der Waals surface area contributed by atoms with Crippen LogP contribution in [0, 0.1) is 5.92 Å². The Bertz CT molecular complexity index is 572. The Kier molecular flexibility index (Phi) is 3.65. The molecule has 6 nitrogen and oxygen atoms in total. The van der Waals surface area contributed by atoms with E-state index in [2.05, 4.69) is 4.74 Å². The number of rotatable bonds is 4. The summed E-state index contributed by atoms with van der Waals surface area (Å²) in [5.74, 6) is -3.36. The normalized spacial score (nSPS) is 15.0. The van der Waals surface area contributed by atoms with Crippen molar-refractivity contribution in [3.8, 4) is 0 Å². The maximum absolute atomic E-state index is 12.1. The second-order valence-corrected chi connectivity index (χ2v) is 4.45. The Balaban J connectivity index is 2.28. The maximum atomic E-state index is 12.1. The molecule has 0 saturated carbocycles. The van der Waals surface area contributed by atoms with Crippen LogP contribution in [0.3, 0.4) is 0 Å². The Morgan fingerprint density at radius 2 is 1.65 bits per heavy atom. The van der Waals surface area contributed by atoms with Crippen LogP contribution >= 0.6 is 0 Å². The van der Waals surface area contributed by atoms with E-state index >= 15 is 0 Å². The van der Waals surface area contributed by atoms with Crippen LogP contribution in [0.15, 0.2) is 24.3 Å². The Hall–Kier alpha value is -2.50. The highest BCUT2D eigenvalue weighted by Crippen LogP contribution is 2.23. The smallest absolute Gasteiger partial charge is 0.318 e. The summed E-state index contributed by atoms with van der Waals surface area (Å²) >= 11 is 0. The van der Waals surface area contributed by atoms with E-state index in [4.69, 9.17) is 0 Å². The van der Waals surface area contributed by atoms with Crippen LogP contribution in [0.4, 0.5) is 0 Å². The van der Waals surface area contributed by atoms with E-state index in [-0.39, 0.29) is 17.7 Å². The first-order valence-corrected chi connectivity index (χ1v) is 6.01. The van der Waals surface area contributed by atoms with Gasteiger partial charge in [0.25, 0.3) is 11.8 Å². The number of carbonyl (C=O) groups excluding carboxylic acids is 4. The van der Waals surface area contributed by atoms with Gasteiger partial charge in [-0.1, -0.05) is 12.1 Å². The summed E-state index contributed by atoms with van der Waals surface area (Å²) in [6.45, 7) is 0.925. The van der Waals surface area contributed by atoms with Gasteiger partial charge in [-0.3, -0.25) is 24.1 Å². The minimum absolute atomic E-state index is 0.282. The van der Waals surface area contributed by atoms with Gasteiger partial charge in [-0.2, -0.15) is 0 Å². The largest absolute Gasteiger partial charge is 0.468 e. The van der Waals surface area contributed by atoms with Crippen LogP contribution in [0.1, 0.15) is 27.6 Å². The molecule has 0 radical (unpaired) electrons. The molecule has 1 heterocycles. The molecule has 1 aromatic rings. The quantitative estimate of drug-likeness (QED) is 0.458. The van der Waals surface area contributed by atoms with Crippen LogP contribution in [-0.2, 0) is 14.3 Å². The second-order valence-electron chi connectivity index (χ2n) is 4.45. The zero-order chi connectivity index (χ0) is 14.9. The molecule has 0 aliphatic carbocycles. The first-order chi connectivity index (χ1) is 9.47. The molecule has 2 amide bonds. The summed E-state index contributed by atoms with van der Waals surface area (Å²) in [4.78, 5) is 48.1. The van der Waals surface area contributed by atoms with Crippen molar-refractivity contribution >= 4 is 23.6 Å². The number of ether oxygens (including phenoxy) is 1. The number of ketones is 1. The molecule has 0 saturated heterocycles. The lowest BCUT2D eigenvalue weighted by Gasteiger charge is -2.18. The molecule has 2 rings (SSSR count). The van der Waals surface area contributed by atoms with Gasteiger partial charge >= 0.3 is 5.97 Å². The van der Waals surface area contributed by atoms with Gasteiger partial charge < -0.3 is 4.74 Å². The molecule has 0 aromatic heterocycles. The molecule has 0 fully saturated rings. The predicted octanol–water partition coefficient (Wildman–Crippen LogP) is 0.661. The van der Waals surface area contributed by atoms with Crippen LogP contribution in [0.5, 0.6) is 0 Å². The summed E-state index contributed by atoms with van der Waals surface area (Å²) < 4.78 is 4.52. The average Bonchev–Trinajstić information content (AvgIpc) is 2.68. The van der Waals surface area contributed by atoms with Gasteiger partial charge in [-0.25, -0.2) is 0 Å². The zero-order valence-electron chi connectivity index (χ0n) is 11.1. The van der Waals surface area contributed by atoms with Gasteiger partial charge in [-0.15, -0.1) is 0 Å². The van der Waals surface area contributed by atoms with Gasteiger partial charge in [0.2, 0.25) is 0 Å². The van der Waals surface area contributed by atoms with Gasteiger partial charge in [0.15, 0.2) is 0 Å². The number of benzene rings is 1. The van der Waals surface area contributed by atoms with E-state index in [1.807, 2.05) is 0 Å². The van der Waals surface area contributed by atoms with E-state index in [1.54, 1.807) is 12.1 Å². The number of fused-ring (bicyclic) bond motifs is 1. The topological polar surface area (TPSA) is 80.8 Å². The molecule has 1 atom stereocenters. The summed E-state index contributed by atoms with van der Waals surface area (Å²) in [5, 5.41) is 0. The fourth-order valence-electron chi connectivity index (χ4n) is 2.10. The minimum Gasteiger partial charge on any atom is -0.468 e. The molecule has 1 aromatic carbocycles. The first kappa shape index (κ1) is 13.9. The molecule has 0 N–H and O–H groups in total. The van der Waals surface area contributed by atoms with Crippen LogP contribution in [0.2, 0.25) is 0 Å². The average molecular weight is 275 g/mol. The van der Waals surface area contributed by atoms with E-state index < -0.39 is 29.5 Å². The van der Waals surface area contributed by atoms with Gasteiger partial charge in [0.1, 0.15) is 11.7 Å². The summed E-state index contributed by atoms with van der Waals surface area (Å²) in [6.07, 6.45) is 0. The van der Waals surface area contributed by atoms with Crippen LogP contribution in [-0.4, -0.2) is 42.1 Å². The number of amides is 2. The third kappa shape index (κ3) is 2.20. The molecule has 20 heavy (non-hydrogen) atoms. The van der Waals surface area contributed by atoms with Crippen molar-refractivity contribution < 1.29 is 23.9 Å². The summed E-state index contributed by atoms with van der Waals surface area (Å²) in [5.41, 5.74) is 0.564. The highest BCUT2D eigenvalue weighted by Gasteiger charge is 2.39. The molecule has 1 aliphatic heterocycles. The minimum atomic E-state index is -1.15. The standard InChI is InChI=1S/C14H13NO5/c1-8(16)11(14(19)20-2)7-15-12(17)9-5-3-4-6-10(9)13(15)18/h3-6,11H,7H2,1-2H3. The molecule has 0 bridgehead atoms. The first-order valence-electron chi connectivity index (χ1n) is 6.01. The number of imide groups is 1. The zero-order valence-corrected chi connectivity index (χ0v) is 11.1. The lowest BCUT2D eigenvalue weighted by molar-refractivity contribution is -0.149. The number of esters is 1. The molecule has 1 unspecified atom stereocenters. The predicted molar refractivity (Wildman–Crippen MR) is 68.0 cm³/mol. The molecule has 104 valence electrons.